The molecule has 0 bridgehead atoms. The summed E-state index contributed by atoms with van der Waals surface area (Å²) in [4.78, 5) is 41.3. The molecule has 2 aliphatic heterocycles. The summed E-state index contributed by atoms with van der Waals surface area (Å²) < 4.78 is 4.56. The molecule has 4 rings (SSSR count). The standard InChI is InChI=1S/C17H17N5O4/c1-10-15(20-26-19-10)18-14(23)9-22-12-6-3-2-5-11(12)16(24)21-8-4-7-13(21)17(22)25/h2-3,5-6,13H,4,7-9H2,1H3,(H,18,20,23)/t13-/m1/s1. The summed E-state index contributed by atoms with van der Waals surface area (Å²) in [5, 5.41) is 9.80. The molecular weight excluding hydrogens is 338 g/mol. The number of anilines is 2. The number of amides is 3. The fourth-order valence-electron chi connectivity index (χ4n) is 3.43. The van der Waals surface area contributed by atoms with Crippen molar-refractivity contribution in [1.29, 1.82) is 0 Å². The minimum absolute atomic E-state index is 0.170. The lowest BCUT2D eigenvalue weighted by molar-refractivity contribution is -0.124. The van der Waals surface area contributed by atoms with Gasteiger partial charge in [0.25, 0.3) is 5.91 Å². The molecule has 0 unspecified atom stereocenters. The molecule has 0 saturated carbocycles. The minimum Gasteiger partial charge on any atom is -0.327 e. The molecule has 1 fully saturated rings. The van der Waals surface area contributed by atoms with Gasteiger partial charge >= 0.3 is 0 Å². The van der Waals surface area contributed by atoms with Gasteiger partial charge < -0.3 is 15.1 Å². The molecule has 3 amide bonds. The van der Waals surface area contributed by atoms with E-state index in [-0.39, 0.29) is 24.2 Å². The molecule has 0 spiro atoms. The molecule has 1 aromatic carbocycles. The average molecular weight is 355 g/mol. The highest BCUT2D eigenvalue weighted by Crippen LogP contribution is 2.32. The molecule has 3 heterocycles. The van der Waals surface area contributed by atoms with Gasteiger partial charge in [0.15, 0.2) is 5.82 Å². The highest BCUT2D eigenvalue weighted by Gasteiger charge is 2.42. The van der Waals surface area contributed by atoms with Gasteiger partial charge in [-0.25, -0.2) is 4.63 Å². The van der Waals surface area contributed by atoms with Gasteiger partial charge in [-0.15, -0.1) is 0 Å². The number of aryl methyl sites for hydroxylation is 1. The van der Waals surface area contributed by atoms with Crippen LogP contribution in [0.15, 0.2) is 28.9 Å². The second-order valence-corrected chi connectivity index (χ2v) is 6.34. The lowest BCUT2D eigenvalue weighted by Gasteiger charge is -2.25. The molecule has 2 aliphatic rings. The van der Waals surface area contributed by atoms with Crippen LogP contribution in [0, 0.1) is 6.92 Å². The van der Waals surface area contributed by atoms with Crippen LogP contribution in [0.1, 0.15) is 28.9 Å². The maximum absolute atomic E-state index is 13.0. The third-order valence-corrected chi connectivity index (χ3v) is 4.70. The first-order chi connectivity index (χ1) is 12.6. The predicted molar refractivity (Wildman–Crippen MR) is 90.5 cm³/mol. The van der Waals surface area contributed by atoms with Crippen LogP contribution in [0.25, 0.3) is 0 Å². The van der Waals surface area contributed by atoms with Crippen molar-refractivity contribution in [3.63, 3.8) is 0 Å². The van der Waals surface area contributed by atoms with Gasteiger partial charge in [-0.1, -0.05) is 17.3 Å². The summed E-state index contributed by atoms with van der Waals surface area (Å²) in [6.45, 7) is 1.97. The first kappa shape index (κ1) is 16.2. The first-order valence-electron chi connectivity index (χ1n) is 8.36. The zero-order chi connectivity index (χ0) is 18.3. The monoisotopic (exact) mass is 355 g/mol. The number of aromatic nitrogens is 2. The third kappa shape index (κ3) is 2.61. The number of nitrogens with one attached hydrogen (secondary N) is 1. The topological polar surface area (TPSA) is 109 Å². The number of rotatable bonds is 3. The molecule has 2 aromatic rings. The Balaban J connectivity index is 1.66. The van der Waals surface area contributed by atoms with E-state index in [2.05, 4.69) is 20.3 Å². The fourth-order valence-corrected chi connectivity index (χ4v) is 3.43. The van der Waals surface area contributed by atoms with E-state index in [4.69, 9.17) is 0 Å². The number of nitrogens with zero attached hydrogens (tertiary/aromatic N) is 4. The number of para-hydroxylation sites is 1. The van der Waals surface area contributed by atoms with Crippen LogP contribution in [-0.2, 0) is 9.59 Å². The van der Waals surface area contributed by atoms with Gasteiger partial charge in [-0.2, -0.15) is 0 Å². The summed E-state index contributed by atoms with van der Waals surface area (Å²) in [6, 6.07) is 6.33. The van der Waals surface area contributed by atoms with Crippen LogP contribution in [0.3, 0.4) is 0 Å². The van der Waals surface area contributed by atoms with E-state index in [0.717, 1.165) is 6.42 Å². The van der Waals surface area contributed by atoms with Crippen molar-refractivity contribution < 1.29 is 19.0 Å². The maximum Gasteiger partial charge on any atom is 0.256 e. The van der Waals surface area contributed by atoms with Crippen molar-refractivity contribution in [3.8, 4) is 0 Å². The summed E-state index contributed by atoms with van der Waals surface area (Å²) in [5.41, 5.74) is 1.32. The molecule has 26 heavy (non-hydrogen) atoms. The minimum atomic E-state index is -0.529. The summed E-state index contributed by atoms with van der Waals surface area (Å²) >= 11 is 0. The molecule has 0 radical (unpaired) electrons. The van der Waals surface area contributed by atoms with Crippen LogP contribution in [0.5, 0.6) is 0 Å². The van der Waals surface area contributed by atoms with E-state index in [9.17, 15) is 14.4 Å². The number of hydrogen-bond acceptors (Lipinski definition) is 6. The number of benzene rings is 1. The number of carbonyl (C=O) groups excluding carboxylic acids is 3. The van der Waals surface area contributed by atoms with E-state index in [0.29, 0.717) is 29.9 Å². The average Bonchev–Trinajstić information content (AvgIpc) is 3.26. The fraction of sp³-hybridized carbons (Fsp3) is 0.353. The van der Waals surface area contributed by atoms with Gasteiger partial charge in [0.2, 0.25) is 11.8 Å². The zero-order valence-electron chi connectivity index (χ0n) is 14.1. The van der Waals surface area contributed by atoms with Crippen molar-refractivity contribution in [1.82, 2.24) is 15.2 Å². The summed E-state index contributed by atoms with van der Waals surface area (Å²) in [7, 11) is 0. The Labute approximate surface area is 148 Å². The second kappa shape index (κ2) is 6.25. The van der Waals surface area contributed by atoms with Crippen LogP contribution in [0.4, 0.5) is 11.5 Å². The SMILES string of the molecule is Cc1nonc1NC(=O)CN1C(=O)[C@H]2CCCN2C(=O)c2ccccc21. The zero-order valence-corrected chi connectivity index (χ0v) is 14.1. The molecule has 1 saturated heterocycles. The van der Waals surface area contributed by atoms with Crippen LogP contribution in [-0.4, -0.2) is 52.1 Å². The summed E-state index contributed by atoms with van der Waals surface area (Å²) in [5.74, 6) is -0.642. The summed E-state index contributed by atoms with van der Waals surface area (Å²) in [6.07, 6.45) is 1.37. The quantitative estimate of drug-likeness (QED) is 0.879. The Hall–Kier alpha value is -3.23. The van der Waals surface area contributed by atoms with Crippen molar-refractivity contribution >= 4 is 29.2 Å². The van der Waals surface area contributed by atoms with Gasteiger partial charge in [-0.3, -0.25) is 14.4 Å². The normalized spacial score (nSPS) is 19.2. The lowest BCUT2D eigenvalue weighted by atomic mass is 10.1. The largest absolute Gasteiger partial charge is 0.327 e. The van der Waals surface area contributed by atoms with Crippen molar-refractivity contribution in [2.75, 3.05) is 23.3 Å². The van der Waals surface area contributed by atoms with Crippen LogP contribution < -0.4 is 10.2 Å². The smallest absolute Gasteiger partial charge is 0.256 e. The van der Waals surface area contributed by atoms with Gasteiger partial charge in [0.1, 0.15) is 18.3 Å². The van der Waals surface area contributed by atoms with Gasteiger partial charge in [0.05, 0.1) is 11.3 Å². The highest BCUT2D eigenvalue weighted by atomic mass is 16.6. The van der Waals surface area contributed by atoms with Gasteiger partial charge in [-0.05, 0) is 37.1 Å². The molecule has 9 heteroatoms. The predicted octanol–water partition coefficient (Wildman–Crippen LogP) is 0.968. The highest BCUT2D eigenvalue weighted by molar-refractivity contribution is 6.13. The Bertz CT molecular complexity index is 893. The number of carbonyl (C=O) groups is 3. The Morgan fingerprint density at radius 2 is 2.12 bits per heavy atom. The molecule has 0 aliphatic carbocycles. The van der Waals surface area contributed by atoms with E-state index in [1.165, 1.54) is 4.90 Å². The first-order valence-corrected chi connectivity index (χ1v) is 8.36. The van der Waals surface area contributed by atoms with Crippen molar-refractivity contribution in [2.24, 2.45) is 0 Å². The molecular formula is C17H17N5O4. The van der Waals surface area contributed by atoms with Crippen LogP contribution >= 0.6 is 0 Å². The van der Waals surface area contributed by atoms with E-state index in [1.807, 2.05) is 0 Å². The number of hydrogen-bond donors (Lipinski definition) is 1. The van der Waals surface area contributed by atoms with E-state index < -0.39 is 11.9 Å². The van der Waals surface area contributed by atoms with Crippen molar-refractivity contribution in [2.45, 2.75) is 25.8 Å². The van der Waals surface area contributed by atoms with Crippen molar-refractivity contribution in [3.05, 3.63) is 35.5 Å². The second-order valence-electron chi connectivity index (χ2n) is 6.34. The molecule has 9 nitrogen and oxygen atoms in total. The van der Waals surface area contributed by atoms with E-state index in [1.54, 1.807) is 36.1 Å². The maximum atomic E-state index is 13.0. The molecule has 1 aromatic heterocycles. The molecule has 1 N–H and O–H groups in total. The molecule has 1 atom stereocenters. The van der Waals surface area contributed by atoms with E-state index >= 15 is 0 Å². The van der Waals surface area contributed by atoms with Gasteiger partial charge in [0, 0.05) is 6.54 Å². The Morgan fingerprint density at radius 1 is 1.31 bits per heavy atom. The third-order valence-electron chi connectivity index (χ3n) is 4.70. The lowest BCUT2D eigenvalue weighted by Crippen LogP contribution is -2.47. The Kier molecular flexibility index (Phi) is 3.90. The Morgan fingerprint density at radius 3 is 2.88 bits per heavy atom. The molecule has 134 valence electrons. The van der Waals surface area contributed by atoms with Crippen LogP contribution in [0.2, 0.25) is 0 Å². The number of fused-ring (bicyclic) bond motifs is 2.